The molecule has 4 aromatic rings. The Bertz CT molecular complexity index is 1270. The van der Waals surface area contributed by atoms with E-state index in [-0.39, 0.29) is 5.91 Å². The number of fused-ring (bicyclic) bond motifs is 1. The molecular formula is C29H33N5OS. The standard InChI is InChI=1S/C29H33N5OS/c35-28(31-15-7-19-33-17-5-2-6-18-33)25-12-10-24(11-13-25)22-36-29-32-26-14-16-30-20-27(26)34(29)21-23-8-3-1-4-9-23/h1,3-4,8-14,16,20H,2,5-7,15,17-19,21-22H2,(H,31,35). The first-order valence-electron chi connectivity index (χ1n) is 12.8. The molecule has 36 heavy (non-hydrogen) atoms. The van der Waals surface area contributed by atoms with Crippen LogP contribution in [0, 0.1) is 0 Å². The van der Waals surface area contributed by atoms with E-state index in [2.05, 4.69) is 44.0 Å². The van der Waals surface area contributed by atoms with Crippen LogP contribution in [0.25, 0.3) is 11.0 Å². The Morgan fingerprint density at radius 3 is 2.56 bits per heavy atom. The molecule has 1 aliphatic rings. The lowest BCUT2D eigenvalue weighted by molar-refractivity contribution is 0.0951. The SMILES string of the molecule is O=C(NCCCN1CCCCC1)c1ccc(CSc2nc3ccncc3n2Cc2ccccc2)cc1. The van der Waals surface area contributed by atoms with Gasteiger partial charge < -0.3 is 14.8 Å². The molecule has 0 unspecified atom stereocenters. The Labute approximate surface area is 217 Å². The number of carbonyl (C=O) groups excluding carboxylic acids is 1. The van der Waals surface area contributed by atoms with Gasteiger partial charge in [0.1, 0.15) is 0 Å². The normalized spacial score (nSPS) is 14.2. The minimum Gasteiger partial charge on any atom is -0.352 e. The molecule has 6 nitrogen and oxygen atoms in total. The largest absolute Gasteiger partial charge is 0.352 e. The fourth-order valence-electron chi connectivity index (χ4n) is 4.67. The summed E-state index contributed by atoms with van der Waals surface area (Å²) in [5.74, 6) is 0.786. The molecule has 7 heteroatoms. The van der Waals surface area contributed by atoms with Crippen LogP contribution in [0.1, 0.15) is 47.2 Å². The first kappa shape index (κ1) is 24.5. The minimum atomic E-state index is 0.00463. The van der Waals surface area contributed by atoms with E-state index in [0.717, 1.165) is 53.6 Å². The average molecular weight is 500 g/mol. The quantitative estimate of drug-likeness (QED) is 0.235. The van der Waals surface area contributed by atoms with Crippen LogP contribution in [0.2, 0.25) is 0 Å². The van der Waals surface area contributed by atoms with Crippen LogP contribution in [0.4, 0.5) is 0 Å². The van der Waals surface area contributed by atoms with Crippen molar-refractivity contribution < 1.29 is 4.79 Å². The topological polar surface area (TPSA) is 63.1 Å². The highest BCUT2D eigenvalue weighted by atomic mass is 32.2. The molecule has 1 amide bonds. The Hall–Kier alpha value is -3.16. The maximum Gasteiger partial charge on any atom is 0.251 e. The van der Waals surface area contributed by atoms with Gasteiger partial charge >= 0.3 is 0 Å². The van der Waals surface area contributed by atoms with Gasteiger partial charge in [0.2, 0.25) is 0 Å². The van der Waals surface area contributed by atoms with Crippen molar-refractivity contribution in [2.45, 2.75) is 43.1 Å². The Kier molecular flexibility index (Phi) is 8.31. The number of benzene rings is 2. The highest BCUT2D eigenvalue weighted by Crippen LogP contribution is 2.27. The van der Waals surface area contributed by atoms with Crippen molar-refractivity contribution in [3.8, 4) is 0 Å². The van der Waals surface area contributed by atoms with Crippen molar-refractivity contribution in [3.05, 3.63) is 89.7 Å². The van der Waals surface area contributed by atoms with Crippen LogP contribution in [0.15, 0.2) is 78.2 Å². The summed E-state index contributed by atoms with van der Waals surface area (Å²) in [4.78, 5) is 24.2. The molecule has 0 atom stereocenters. The number of nitrogens with one attached hydrogen (secondary N) is 1. The summed E-state index contributed by atoms with van der Waals surface area (Å²) >= 11 is 1.71. The number of imidazole rings is 1. The summed E-state index contributed by atoms with van der Waals surface area (Å²) in [5, 5.41) is 4.04. The van der Waals surface area contributed by atoms with Crippen LogP contribution in [0.3, 0.4) is 0 Å². The van der Waals surface area contributed by atoms with Crippen molar-refractivity contribution in [2.75, 3.05) is 26.2 Å². The molecule has 1 saturated heterocycles. The van der Waals surface area contributed by atoms with Crippen LogP contribution in [0.5, 0.6) is 0 Å². The zero-order valence-electron chi connectivity index (χ0n) is 20.6. The number of thioether (sulfide) groups is 1. The van der Waals surface area contributed by atoms with Gasteiger partial charge in [-0.1, -0.05) is 60.6 Å². The average Bonchev–Trinajstić information content (AvgIpc) is 3.28. The summed E-state index contributed by atoms with van der Waals surface area (Å²) in [6, 6.07) is 20.3. The van der Waals surface area contributed by atoms with Crippen molar-refractivity contribution in [3.63, 3.8) is 0 Å². The van der Waals surface area contributed by atoms with Crippen LogP contribution in [-0.2, 0) is 12.3 Å². The molecule has 1 N–H and O–H groups in total. The summed E-state index contributed by atoms with van der Waals surface area (Å²) in [5.41, 5.74) is 5.10. The molecule has 3 heterocycles. The van der Waals surface area contributed by atoms with E-state index < -0.39 is 0 Å². The second-order valence-electron chi connectivity index (χ2n) is 9.33. The number of hydrogen-bond acceptors (Lipinski definition) is 5. The molecule has 0 bridgehead atoms. The van der Waals surface area contributed by atoms with Crippen molar-refractivity contribution in [1.29, 1.82) is 0 Å². The van der Waals surface area contributed by atoms with Gasteiger partial charge in [-0.2, -0.15) is 0 Å². The molecule has 0 spiro atoms. The van der Waals surface area contributed by atoms with Crippen molar-refractivity contribution in [1.82, 2.24) is 24.8 Å². The number of piperidine rings is 1. The van der Waals surface area contributed by atoms with Gasteiger partial charge in [-0.25, -0.2) is 4.98 Å². The fraction of sp³-hybridized carbons (Fsp3) is 0.345. The first-order chi connectivity index (χ1) is 17.8. The molecule has 1 fully saturated rings. The van der Waals surface area contributed by atoms with E-state index in [1.165, 1.54) is 37.9 Å². The van der Waals surface area contributed by atoms with E-state index in [1.807, 2.05) is 42.6 Å². The maximum atomic E-state index is 12.6. The predicted molar refractivity (Wildman–Crippen MR) is 146 cm³/mol. The molecule has 186 valence electrons. The Morgan fingerprint density at radius 2 is 1.75 bits per heavy atom. The molecule has 2 aromatic carbocycles. The zero-order valence-corrected chi connectivity index (χ0v) is 21.4. The molecule has 0 saturated carbocycles. The fourth-order valence-corrected chi connectivity index (χ4v) is 5.64. The monoisotopic (exact) mass is 499 g/mol. The van der Waals surface area contributed by atoms with Gasteiger partial charge in [-0.15, -0.1) is 0 Å². The third-order valence-electron chi connectivity index (χ3n) is 6.67. The number of amides is 1. The van der Waals surface area contributed by atoms with Gasteiger partial charge in [-0.3, -0.25) is 9.78 Å². The van der Waals surface area contributed by atoms with Crippen molar-refractivity contribution >= 4 is 28.7 Å². The number of aromatic nitrogens is 3. The maximum absolute atomic E-state index is 12.6. The van der Waals surface area contributed by atoms with Gasteiger partial charge in [0, 0.05) is 24.1 Å². The van der Waals surface area contributed by atoms with Gasteiger partial charge in [-0.05, 0) is 68.2 Å². The third-order valence-corrected chi connectivity index (χ3v) is 7.72. The second kappa shape index (κ2) is 12.2. The number of pyridine rings is 1. The first-order valence-corrected chi connectivity index (χ1v) is 13.8. The van der Waals surface area contributed by atoms with Crippen LogP contribution in [-0.4, -0.2) is 51.5 Å². The Morgan fingerprint density at radius 1 is 0.944 bits per heavy atom. The van der Waals surface area contributed by atoms with E-state index in [1.54, 1.807) is 18.0 Å². The molecule has 0 aliphatic carbocycles. The van der Waals surface area contributed by atoms with Crippen LogP contribution >= 0.6 is 11.8 Å². The minimum absolute atomic E-state index is 0.00463. The van der Waals surface area contributed by atoms with Gasteiger partial charge in [0.25, 0.3) is 5.91 Å². The molecular weight excluding hydrogens is 466 g/mol. The molecule has 5 rings (SSSR count). The lowest BCUT2D eigenvalue weighted by Gasteiger charge is -2.26. The van der Waals surface area contributed by atoms with Gasteiger partial charge in [0.15, 0.2) is 5.16 Å². The van der Waals surface area contributed by atoms with Crippen LogP contribution < -0.4 is 5.32 Å². The summed E-state index contributed by atoms with van der Waals surface area (Å²) in [7, 11) is 0. The summed E-state index contributed by atoms with van der Waals surface area (Å²) in [6.45, 7) is 4.95. The van der Waals surface area contributed by atoms with E-state index in [4.69, 9.17) is 4.98 Å². The molecule has 2 aromatic heterocycles. The van der Waals surface area contributed by atoms with Crippen molar-refractivity contribution in [2.24, 2.45) is 0 Å². The highest BCUT2D eigenvalue weighted by Gasteiger charge is 2.13. The summed E-state index contributed by atoms with van der Waals surface area (Å²) in [6.07, 6.45) is 8.63. The predicted octanol–water partition coefficient (Wildman–Crippen LogP) is 5.38. The Balaban J connectivity index is 1.16. The number of hydrogen-bond donors (Lipinski definition) is 1. The van der Waals surface area contributed by atoms with Gasteiger partial charge in [0.05, 0.1) is 23.8 Å². The number of rotatable bonds is 10. The molecule has 0 radical (unpaired) electrons. The molecule has 1 aliphatic heterocycles. The lowest BCUT2D eigenvalue weighted by atomic mass is 10.1. The summed E-state index contributed by atoms with van der Waals surface area (Å²) < 4.78 is 2.23. The van der Waals surface area contributed by atoms with E-state index in [9.17, 15) is 4.79 Å². The van der Waals surface area contributed by atoms with E-state index >= 15 is 0 Å². The second-order valence-corrected chi connectivity index (χ2v) is 10.3. The number of carbonyl (C=O) groups is 1. The lowest BCUT2D eigenvalue weighted by Crippen LogP contribution is -2.33. The highest BCUT2D eigenvalue weighted by molar-refractivity contribution is 7.98. The third kappa shape index (κ3) is 6.33. The number of nitrogens with zero attached hydrogens (tertiary/aromatic N) is 4. The number of likely N-dealkylation sites (tertiary alicyclic amines) is 1. The zero-order chi connectivity index (χ0) is 24.6. The van der Waals surface area contributed by atoms with E-state index in [0.29, 0.717) is 5.56 Å². The smallest absolute Gasteiger partial charge is 0.251 e.